The van der Waals surface area contributed by atoms with Gasteiger partial charge in [-0.15, -0.1) is 0 Å². The number of nitrogens with one attached hydrogen (secondary N) is 1. The molecule has 2 aromatic heterocycles. The minimum atomic E-state index is -0.447. The third-order valence-corrected chi connectivity index (χ3v) is 5.21. The third kappa shape index (κ3) is 3.33. The van der Waals surface area contributed by atoms with Crippen LogP contribution in [-0.2, 0) is 41.6 Å². The maximum absolute atomic E-state index is 12.4. The van der Waals surface area contributed by atoms with E-state index in [0.717, 1.165) is 49.5 Å². The number of imidazole rings is 1. The first-order chi connectivity index (χ1) is 12.1. The third-order valence-electron chi connectivity index (χ3n) is 5.21. The maximum atomic E-state index is 12.4. The summed E-state index contributed by atoms with van der Waals surface area (Å²) in [6.45, 7) is 2.21. The quantitative estimate of drug-likeness (QED) is 0.888. The lowest BCUT2D eigenvalue weighted by Crippen LogP contribution is -2.40. The van der Waals surface area contributed by atoms with Gasteiger partial charge in [-0.1, -0.05) is 0 Å². The van der Waals surface area contributed by atoms with Gasteiger partial charge in [0.1, 0.15) is 11.4 Å². The van der Waals surface area contributed by atoms with Crippen molar-refractivity contribution in [1.29, 1.82) is 0 Å². The predicted octanol–water partition coefficient (Wildman–Crippen LogP) is 1.32. The van der Waals surface area contributed by atoms with Gasteiger partial charge in [-0.2, -0.15) is 5.10 Å². The molecule has 1 fully saturated rings. The van der Waals surface area contributed by atoms with Gasteiger partial charge in [0.2, 0.25) is 5.91 Å². The molecule has 7 heteroatoms. The highest BCUT2D eigenvalue weighted by Crippen LogP contribution is 2.35. The molecule has 1 unspecified atom stereocenters. The van der Waals surface area contributed by atoms with Gasteiger partial charge in [-0.3, -0.25) is 9.48 Å². The highest BCUT2D eigenvalue weighted by atomic mass is 16.5. The zero-order valence-corrected chi connectivity index (χ0v) is 14.7. The standard InChI is InChI=1S/C18H25N5O2/c1-22-11-14(10-20-22)18(6-4-8-25-18)13-19-17(24)9-15-12-23-7-3-2-5-16(23)21-15/h10-12H,2-9,13H2,1H3,(H,19,24). The molecule has 2 aliphatic rings. The molecule has 25 heavy (non-hydrogen) atoms. The number of hydrogen-bond donors (Lipinski definition) is 1. The van der Waals surface area contributed by atoms with Gasteiger partial charge in [-0.05, 0) is 25.7 Å². The van der Waals surface area contributed by atoms with Crippen molar-refractivity contribution in [3.8, 4) is 0 Å². The van der Waals surface area contributed by atoms with E-state index in [1.807, 2.05) is 25.6 Å². The molecule has 2 aliphatic heterocycles. The average molecular weight is 343 g/mol. The molecule has 0 spiro atoms. The van der Waals surface area contributed by atoms with Crippen LogP contribution in [0.3, 0.4) is 0 Å². The molecule has 4 heterocycles. The largest absolute Gasteiger partial charge is 0.368 e. The Labute approximate surface area is 147 Å². The second-order valence-corrected chi connectivity index (χ2v) is 7.10. The second kappa shape index (κ2) is 6.63. The van der Waals surface area contributed by atoms with Gasteiger partial charge < -0.3 is 14.6 Å². The van der Waals surface area contributed by atoms with Crippen LogP contribution in [0.4, 0.5) is 0 Å². The highest BCUT2D eigenvalue weighted by Gasteiger charge is 2.38. The summed E-state index contributed by atoms with van der Waals surface area (Å²) in [4.78, 5) is 17.0. The van der Waals surface area contributed by atoms with Crippen molar-refractivity contribution in [3.05, 3.63) is 35.7 Å². The predicted molar refractivity (Wildman–Crippen MR) is 92.0 cm³/mol. The normalized spacial score (nSPS) is 22.8. The Hall–Kier alpha value is -2.15. The molecule has 1 atom stereocenters. The van der Waals surface area contributed by atoms with E-state index in [0.29, 0.717) is 13.0 Å². The van der Waals surface area contributed by atoms with Gasteiger partial charge in [0.05, 0.1) is 24.9 Å². The average Bonchev–Trinajstić information content (AvgIpc) is 3.31. The maximum Gasteiger partial charge on any atom is 0.226 e. The van der Waals surface area contributed by atoms with E-state index in [-0.39, 0.29) is 5.91 Å². The van der Waals surface area contributed by atoms with E-state index < -0.39 is 5.60 Å². The molecule has 0 aliphatic carbocycles. The van der Waals surface area contributed by atoms with Crippen LogP contribution in [-0.4, -0.2) is 38.4 Å². The Balaban J connectivity index is 1.39. The molecular formula is C18H25N5O2. The Kier molecular flexibility index (Phi) is 4.33. The van der Waals surface area contributed by atoms with Gasteiger partial charge in [0, 0.05) is 44.6 Å². The summed E-state index contributed by atoms with van der Waals surface area (Å²) in [5.74, 6) is 1.11. The molecule has 1 N–H and O–H groups in total. The van der Waals surface area contributed by atoms with Crippen molar-refractivity contribution in [2.24, 2.45) is 7.05 Å². The molecule has 0 saturated carbocycles. The van der Waals surface area contributed by atoms with E-state index in [9.17, 15) is 4.79 Å². The molecule has 0 bridgehead atoms. The van der Waals surface area contributed by atoms with Gasteiger partial charge >= 0.3 is 0 Å². The molecule has 4 rings (SSSR count). The van der Waals surface area contributed by atoms with Crippen LogP contribution in [0.25, 0.3) is 0 Å². The lowest BCUT2D eigenvalue weighted by Gasteiger charge is -2.27. The zero-order valence-electron chi connectivity index (χ0n) is 14.7. The summed E-state index contributed by atoms with van der Waals surface area (Å²) in [5.41, 5.74) is 1.44. The van der Waals surface area contributed by atoms with Gasteiger partial charge in [0.25, 0.3) is 0 Å². The van der Waals surface area contributed by atoms with Crippen LogP contribution in [0.2, 0.25) is 0 Å². The van der Waals surface area contributed by atoms with Crippen molar-refractivity contribution >= 4 is 5.91 Å². The number of rotatable bonds is 5. The van der Waals surface area contributed by atoms with E-state index in [1.54, 1.807) is 4.68 Å². The molecule has 134 valence electrons. The summed E-state index contributed by atoms with van der Waals surface area (Å²) < 4.78 is 9.98. The number of hydrogen-bond acceptors (Lipinski definition) is 4. The number of carbonyl (C=O) groups is 1. The fourth-order valence-electron chi connectivity index (χ4n) is 3.85. The molecule has 0 aromatic carbocycles. The lowest BCUT2D eigenvalue weighted by atomic mass is 9.93. The number of nitrogens with zero attached hydrogens (tertiary/aromatic N) is 4. The fourth-order valence-corrected chi connectivity index (χ4v) is 3.85. The SMILES string of the molecule is Cn1cc(C2(CNC(=O)Cc3cn4c(n3)CCCC4)CCCO2)cn1. The first-order valence-electron chi connectivity index (χ1n) is 9.09. The van der Waals surface area contributed by atoms with Crippen molar-refractivity contribution in [2.75, 3.05) is 13.2 Å². The number of amides is 1. The number of fused-ring (bicyclic) bond motifs is 1. The minimum Gasteiger partial charge on any atom is -0.368 e. The number of aryl methyl sites for hydroxylation is 3. The Morgan fingerprint density at radius 2 is 2.28 bits per heavy atom. The topological polar surface area (TPSA) is 74.0 Å². The van der Waals surface area contributed by atoms with Crippen LogP contribution >= 0.6 is 0 Å². The highest BCUT2D eigenvalue weighted by molar-refractivity contribution is 5.78. The van der Waals surface area contributed by atoms with Crippen molar-refractivity contribution in [1.82, 2.24) is 24.6 Å². The van der Waals surface area contributed by atoms with E-state index >= 15 is 0 Å². The molecule has 2 aromatic rings. The number of aromatic nitrogens is 4. The summed E-state index contributed by atoms with van der Waals surface area (Å²) >= 11 is 0. The van der Waals surface area contributed by atoms with Crippen LogP contribution in [0.5, 0.6) is 0 Å². The van der Waals surface area contributed by atoms with E-state index in [4.69, 9.17) is 4.74 Å². The smallest absolute Gasteiger partial charge is 0.226 e. The van der Waals surface area contributed by atoms with Crippen molar-refractivity contribution in [3.63, 3.8) is 0 Å². The molecule has 1 saturated heterocycles. The van der Waals surface area contributed by atoms with Crippen LogP contribution in [0.1, 0.15) is 42.8 Å². The van der Waals surface area contributed by atoms with Crippen LogP contribution in [0, 0.1) is 0 Å². The van der Waals surface area contributed by atoms with E-state index in [1.165, 1.54) is 12.8 Å². The van der Waals surface area contributed by atoms with Crippen LogP contribution in [0.15, 0.2) is 18.6 Å². The Morgan fingerprint density at radius 1 is 1.36 bits per heavy atom. The molecule has 0 radical (unpaired) electrons. The van der Waals surface area contributed by atoms with E-state index in [2.05, 4.69) is 20.0 Å². The molecule has 7 nitrogen and oxygen atoms in total. The Bertz CT molecular complexity index is 734. The Morgan fingerprint density at radius 3 is 3.00 bits per heavy atom. The first kappa shape index (κ1) is 16.3. The molecular weight excluding hydrogens is 318 g/mol. The number of ether oxygens (including phenoxy) is 1. The first-order valence-corrected chi connectivity index (χ1v) is 9.09. The number of carbonyl (C=O) groups excluding carboxylic acids is 1. The van der Waals surface area contributed by atoms with Gasteiger partial charge in [0.15, 0.2) is 0 Å². The second-order valence-electron chi connectivity index (χ2n) is 7.10. The monoisotopic (exact) mass is 343 g/mol. The fraction of sp³-hybridized carbons (Fsp3) is 0.611. The minimum absolute atomic E-state index is 0.00536. The summed E-state index contributed by atoms with van der Waals surface area (Å²) in [5, 5.41) is 7.30. The van der Waals surface area contributed by atoms with Crippen LogP contribution < -0.4 is 5.32 Å². The van der Waals surface area contributed by atoms with Crippen molar-refractivity contribution in [2.45, 2.75) is 50.7 Å². The zero-order chi connectivity index (χ0) is 17.3. The van der Waals surface area contributed by atoms with Crippen molar-refractivity contribution < 1.29 is 9.53 Å². The van der Waals surface area contributed by atoms with Gasteiger partial charge in [-0.25, -0.2) is 4.98 Å². The molecule has 1 amide bonds. The lowest BCUT2D eigenvalue weighted by molar-refractivity contribution is -0.122. The summed E-state index contributed by atoms with van der Waals surface area (Å²) in [6.07, 6.45) is 11.4. The summed E-state index contributed by atoms with van der Waals surface area (Å²) in [7, 11) is 1.89. The summed E-state index contributed by atoms with van der Waals surface area (Å²) in [6, 6.07) is 0.